The largest absolute Gasteiger partial charge is 0.350 e. The van der Waals surface area contributed by atoms with Gasteiger partial charge in [-0.05, 0) is 44.5 Å². The van der Waals surface area contributed by atoms with Gasteiger partial charge in [-0.2, -0.15) is 0 Å². The Morgan fingerprint density at radius 1 is 1.09 bits per heavy atom. The summed E-state index contributed by atoms with van der Waals surface area (Å²) in [6, 6.07) is 7.14. The van der Waals surface area contributed by atoms with Crippen LogP contribution in [-0.2, 0) is 0 Å². The molecule has 1 unspecified atom stereocenters. The second-order valence-corrected chi connectivity index (χ2v) is 5.34. The molecule has 0 aliphatic rings. The highest BCUT2D eigenvalue weighted by Gasteiger charge is 2.09. The van der Waals surface area contributed by atoms with Crippen LogP contribution in [0, 0.1) is 0 Å². The molecule has 0 spiro atoms. The van der Waals surface area contributed by atoms with Crippen molar-refractivity contribution in [1.82, 2.24) is 15.3 Å². The van der Waals surface area contributed by atoms with Crippen molar-refractivity contribution in [1.29, 1.82) is 0 Å². The van der Waals surface area contributed by atoms with E-state index < -0.39 is 0 Å². The first-order chi connectivity index (χ1) is 11.0. The molecular weight excluding hydrogens is 292 g/mol. The molecule has 0 aliphatic carbocycles. The molecule has 0 radical (unpaired) electrons. The number of hydrogen-bond donors (Lipinski definition) is 2. The van der Waals surface area contributed by atoms with Crippen LogP contribution in [0.2, 0.25) is 0 Å². The zero-order chi connectivity index (χ0) is 16.8. The molecule has 0 saturated carbocycles. The maximum absolute atomic E-state index is 11.9. The number of nitrogens with zero attached hydrogens (tertiary/aromatic N) is 2. The summed E-state index contributed by atoms with van der Waals surface area (Å²) in [4.78, 5) is 31.4. The molecule has 2 rings (SSSR count). The van der Waals surface area contributed by atoms with Crippen molar-refractivity contribution in [2.45, 2.75) is 33.2 Å². The van der Waals surface area contributed by atoms with Crippen molar-refractivity contribution in [3.63, 3.8) is 0 Å². The van der Waals surface area contributed by atoms with Gasteiger partial charge in [0.2, 0.25) is 5.95 Å². The predicted octanol–water partition coefficient (Wildman–Crippen LogP) is 2.95. The summed E-state index contributed by atoms with van der Waals surface area (Å²) in [5.41, 5.74) is 1.84. The zero-order valence-electron chi connectivity index (χ0n) is 13.5. The van der Waals surface area contributed by atoms with Crippen molar-refractivity contribution in [2.75, 3.05) is 5.32 Å². The number of nitrogens with one attached hydrogen (secondary N) is 2. The average molecular weight is 312 g/mol. The van der Waals surface area contributed by atoms with Crippen LogP contribution in [0.5, 0.6) is 0 Å². The van der Waals surface area contributed by atoms with Crippen LogP contribution in [0.25, 0.3) is 0 Å². The lowest BCUT2D eigenvalue weighted by Crippen LogP contribution is -2.32. The van der Waals surface area contributed by atoms with Gasteiger partial charge in [-0.25, -0.2) is 9.97 Å². The molecule has 6 heteroatoms. The quantitative estimate of drug-likeness (QED) is 0.801. The maximum atomic E-state index is 11.9. The summed E-state index contributed by atoms with van der Waals surface area (Å²) >= 11 is 0. The van der Waals surface area contributed by atoms with Gasteiger partial charge >= 0.3 is 0 Å². The fraction of sp³-hybridized carbons (Fsp3) is 0.294. The van der Waals surface area contributed by atoms with Crippen LogP contribution < -0.4 is 10.6 Å². The first-order valence-electron chi connectivity index (χ1n) is 7.50. The number of aromatic nitrogens is 2. The van der Waals surface area contributed by atoms with Crippen LogP contribution in [-0.4, -0.2) is 27.7 Å². The fourth-order valence-electron chi connectivity index (χ4n) is 1.84. The summed E-state index contributed by atoms with van der Waals surface area (Å²) in [6.45, 7) is 5.47. The number of hydrogen-bond acceptors (Lipinski definition) is 5. The first-order valence-corrected chi connectivity index (χ1v) is 7.50. The second kappa shape index (κ2) is 7.49. The van der Waals surface area contributed by atoms with Gasteiger partial charge in [0.25, 0.3) is 5.91 Å². The number of amides is 1. The smallest absolute Gasteiger partial charge is 0.254 e. The first kappa shape index (κ1) is 16.6. The highest BCUT2D eigenvalue weighted by atomic mass is 16.1. The fourth-order valence-corrected chi connectivity index (χ4v) is 1.84. The van der Waals surface area contributed by atoms with Gasteiger partial charge in [-0.3, -0.25) is 9.59 Å². The van der Waals surface area contributed by atoms with Crippen molar-refractivity contribution in [3.05, 3.63) is 47.8 Å². The van der Waals surface area contributed by atoms with Gasteiger partial charge in [-0.15, -0.1) is 0 Å². The van der Waals surface area contributed by atoms with Crippen LogP contribution in [0.15, 0.2) is 36.7 Å². The van der Waals surface area contributed by atoms with Gasteiger partial charge in [0.15, 0.2) is 5.78 Å². The van der Waals surface area contributed by atoms with E-state index in [0.717, 1.165) is 12.1 Å². The molecule has 1 heterocycles. The minimum Gasteiger partial charge on any atom is -0.350 e. The zero-order valence-corrected chi connectivity index (χ0v) is 13.5. The lowest BCUT2D eigenvalue weighted by Gasteiger charge is -2.11. The predicted molar refractivity (Wildman–Crippen MR) is 89.0 cm³/mol. The van der Waals surface area contributed by atoms with E-state index in [-0.39, 0.29) is 17.7 Å². The standard InChI is InChI=1S/C17H20N4O2/c1-4-11(2)20-16(23)14-9-18-17(19-10-14)21-15-7-5-13(6-8-15)12(3)22/h5-11H,4H2,1-3H3,(H,20,23)(H,18,19,21). The Kier molecular flexibility index (Phi) is 5.41. The molecule has 0 aliphatic heterocycles. The van der Waals surface area contributed by atoms with Crippen molar-refractivity contribution < 1.29 is 9.59 Å². The molecule has 1 aromatic heterocycles. The molecule has 2 N–H and O–H groups in total. The summed E-state index contributed by atoms with van der Waals surface area (Å²) in [7, 11) is 0. The molecule has 2 aromatic rings. The van der Waals surface area contributed by atoms with Crippen LogP contribution in [0.1, 0.15) is 47.9 Å². The molecule has 0 bridgehead atoms. The van der Waals surface area contributed by atoms with E-state index >= 15 is 0 Å². The Hall–Kier alpha value is -2.76. The maximum Gasteiger partial charge on any atom is 0.254 e. The Labute approximate surface area is 135 Å². The number of carbonyl (C=O) groups excluding carboxylic acids is 2. The Morgan fingerprint density at radius 3 is 2.22 bits per heavy atom. The van der Waals surface area contributed by atoms with Gasteiger partial charge in [0, 0.05) is 29.7 Å². The normalized spacial score (nSPS) is 11.6. The molecule has 0 fully saturated rings. The highest BCUT2D eigenvalue weighted by Crippen LogP contribution is 2.14. The summed E-state index contributed by atoms with van der Waals surface area (Å²) in [5, 5.41) is 5.88. The number of ketones is 1. The lowest BCUT2D eigenvalue weighted by molar-refractivity contribution is 0.0937. The Bertz CT molecular complexity index is 681. The minimum absolute atomic E-state index is 0.0180. The van der Waals surface area contributed by atoms with Crippen molar-refractivity contribution >= 4 is 23.3 Å². The van der Waals surface area contributed by atoms with Gasteiger partial charge < -0.3 is 10.6 Å². The molecule has 6 nitrogen and oxygen atoms in total. The van der Waals surface area contributed by atoms with E-state index in [1.54, 1.807) is 24.3 Å². The Morgan fingerprint density at radius 2 is 1.70 bits per heavy atom. The SMILES string of the molecule is CCC(C)NC(=O)c1cnc(Nc2ccc(C(C)=O)cc2)nc1. The second-order valence-electron chi connectivity index (χ2n) is 5.34. The Balaban J connectivity index is 2.02. The molecular formula is C17H20N4O2. The number of rotatable bonds is 6. The van der Waals surface area contributed by atoms with Gasteiger partial charge in [0.05, 0.1) is 5.56 Å². The summed E-state index contributed by atoms with van der Waals surface area (Å²) in [5.74, 6) is 0.224. The molecule has 0 saturated heterocycles. The van der Waals surface area contributed by atoms with Crippen LogP contribution in [0.3, 0.4) is 0 Å². The number of Topliss-reactive ketones (excluding diaryl/α,β-unsaturated/α-hetero) is 1. The topological polar surface area (TPSA) is 84.0 Å². The van der Waals surface area contributed by atoms with E-state index in [2.05, 4.69) is 20.6 Å². The summed E-state index contributed by atoms with van der Waals surface area (Å²) < 4.78 is 0. The molecule has 1 amide bonds. The third kappa shape index (κ3) is 4.60. The van der Waals surface area contributed by atoms with Gasteiger partial charge in [-0.1, -0.05) is 6.92 Å². The summed E-state index contributed by atoms with van der Waals surface area (Å²) in [6.07, 6.45) is 3.83. The van der Waals surface area contributed by atoms with E-state index in [9.17, 15) is 9.59 Å². The number of benzene rings is 1. The van der Waals surface area contributed by atoms with Crippen LogP contribution >= 0.6 is 0 Å². The molecule has 120 valence electrons. The molecule has 1 aromatic carbocycles. The van der Waals surface area contributed by atoms with Crippen molar-refractivity contribution in [3.8, 4) is 0 Å². The van der Waals surface area contributed by atoms with E-state index in [1.807, 2.05) is 13.8 Å². The van der Waals surface area contributed by atoms with E-state index in [4.69, 9.17) is 0 Å². The van der Waals surface area contributed by atoms with Crippen molar-refractivity contribution in [2.24, 2.45) is 0 Å². The third-order valence-corrected chi connectivity index (χ3v) is 3.45. The van der Waals surface area contributed by atoms with E-state index in [1.165, 1.54) is 19.3 Å². The van der Waals surface area contributed by atoms with Gasteiger partial charge in [0.1, 0.15) is 0 Å². The number of anilines is 2. The molecule has 1 atom stereocenters. The number of carbonyl (C=O) groups is 2. The lowest BCUT2D eigenvalue weighted by atomic mass is 10.1. The molecule has 23 heavy (non-hydrogen) atoms. The third-order valence-electron chi connectivity index (χ3n) is 3.45. The average Bonchev–Trinajstić information content (AvgIpc) is 2.55. The monoisotopic (exact) mass is 312 g/mol. The highest BCUT2D eigenvalue weighted by molar-refractivity contribution is 5.94. The minimum atomic E-state index is -0.184. The van der Waals surface area contributed by atoms with E-state index in [0.29, 0.717) is 17.1 Å². The van der Waals surface area contributed by atoms with Crippen LogP contribution in [0.4, 0.5) is 11.6 Å².